The average molecular weight is 359 g/mol. The lowest BCUT2D eigenvalue weighted by molar-refractivity contribution is -0.147. The number of hydrogen-bond acceptors (Lipinski definition) is 6. The number of H-pyrrole nitrogens is 1. The number of methoxy groups -OCH3 is 3. The van der Waals surface area contributed by atoms with Gasteiger partial charge < -0.3 is 14.2 Å². The number of nitrogens with one attached hydrogen (secondary N) is 1. The van der Waals surface area contributed by atoms with Gasteiger partial charge in [-0.25, -0.2) is 0 Å². The van der Waals surface area contributed by atoms with E-state index in [4.69, 9.17) is 14.2 Å². The number of nitrogens with zero attached hydrogens (tertiary/aromatic N) is 2. The number of ether oxygens (including phenoxy) is 3. The van der Waals surface area contributed by atoms with Crippen molar-refractivity contribution < 1.29 is 19.0 Å². The predicted molar refractivity (Wildman–Crippen MR) is 97.1 cm³/mol. The lowest BCUT2D eigenvalue weighted by Crippen LogP contribution is -2.36. The second-order valence-corrected chi connectivity index (χ2v) is 6.41. The molecule has 1 saturated heterocycles. The van der Waals surface area contributed by atoms with Crippen molar-refractivity contribution >= 4 is 5.97 Å². The summed E-state index contributed by atoms with van der Waals surface area (Å²) in [7, 11) is 4.73. The molecule has 0 aliphatic carbocycles. The Kier molecular flexibility index (Phi) is 5.78. The molecule has 0 atom stereocenters. The monoisotopic (exact) mass is 359 g/mol. The number of carbonyl (C=O) groups is 1. The van der Waals surface area contributed by atoms with Gasteiger partial charge >= 0.3 is 5.97 Å². The number of aromatic amines is 1. The van der Waals surface area contributed by atoms with Gasteiger partial charge in [0.2, 0.25) is 0 Å². The summed E-state index contributed by atoms with van der Waals surface area (Å²) in [4.78, 5) is 14.0. The van der Waals surface area contributed by atoms with Gasteiger partial charge in [0.05, 0.1) is 39.1 Å². The van der Waals surface area contributed by atoms with E-state index in [1.807, 2.05) is 24.4 Å². The topological polar surface area (TPSA) is 76.7 Å². The van der Waals surface area contributed by atoms with E-state index in [2.05, 4.69) is 15.1 Å². The number of benzene rings is 1. The molecule has 3 rings (SSSR count). The predicted octanol–water partition coefficient (Wildman–Crippen LogP) is 2.48. The zero-order valence-corrected chi connectivity index (χ0v) is 15.4. The molecule has 0 unspecified atom stereocenters. The number of esters is 1. The number of aromatic nitrogens is 2. The first-order valence-electron chi connectivity index (χ1n) is 8.71. The zero-order valence-electron chi connectivity index (χ0n) is 15.4. The largest absolute Gasteiger partial charge is 0.497 e. The maximum atomic E-state index is 11.7. The average Bonchev–Trinajstić information content (AvgIpc) is 3.15. The summed E-state index contributed by atoms with van der Waals surface area (Å²) in [5, 5.41) is 7.31. The van der Waals surface area contributed by atoms with Crippen LogP contribution in [0, 0.1) is 5.92 Å². The summed E-state index contributed by atoms with van der Waals surface area (Å²) in [6, 6.07) is 5.74. The van der Waals surface area contributed by atoms with Crippen LogP contribution >= 0.6 is 0 Å². The molecule has 140 valence electrons. The molecule has 1 aromatic carbocycles. The second kappa shape index (κ2) is 8.23. The van der Waals surface area contributed by atoms with Crippen LogP contribution in [0.1, 0.15) is 18.4 Å². The van der Waals surface area contributed by atoms with E-state index in [0.29, 0.717) is 0 Å². The minimum atomic E-state index is -0.100. The lowest BCUT2D eigenvalue weighted by Gasteiger charge is -2.30. The molecule has 2 aromatic rings. The first kappa shape index (κ1) is 18.3. The molecule has 1 aliphatic rings. The molecule has 0 spiro atoms. The fourth-order valence-electron chi connectivity index (χ4n) is 3.40. The molecule has 0 radical (unpaired) electrons. The molecule has 26 heavy (non-hydrogen) atoms. The van der Waals surface area contributed by atoms with E-state index >= 15 is 0 Å². The van der Waals surface area contributed by atoms with Gasteiger partial charge in [-0.3, -0.25) is 14.8 Å². The van der Waals surface area contributed by atoms with Crippen molar-refractivity contribution in [1.29, 1.82) is 0 Å². The summed E-state index contributed by atoms with van der Waals surface area (Å²) in [6.07, 6.45) is 3.50. The quantitative estimate of drug-likeness (QED) is 0.799. The summed E-state index contributed by atoms with van der Waals surface area (Å²) in [6.45, 7) is 2.50. The van der Waals surface area contributed by atoms with Crippen LogP contribution in [0.4, 0.5) is 0 Å². The Morgan fingerprint density at radius 1 is 1.23 bits per heavy atom. The first-order valence-corrected chi connectivity index (χ1v) is 8.71. The van der Waals surface area contributed by atoms with Crippen LogP contribution in [-0.4, -0.2) is 55.5 Å². The minimum Gasteiger partial charge on any atom is -0.497 e. The Balaban J connectivity index is 1.73. The number of likely N-dealkylation sites (tertiary alicyclic amines) is 1. The van der Waals surface area contributed by atoms with E-state index in [1.54, 1.807) is 14.2 Å². The zero-order chi connectivity index (χ0) is 18.5. The van der Waals surface area contributed by atoms with Crippen LogP contribution in [0.25, 0.3) is 11.3 Å². The van der Waals surface area contributed by atoms with Gasteiger partial charge in [0, 0.05) is 23.7 Å². The Hall–Kier alpha value is -2.54. The minimum absolute atomic E-state index is 0.0155. The number of carbonyl (C=O) groups excluding carboxylic acids is 1. The third-order valence-electron chi connectivity index (χ3n) is 4.91. The highest BCUT2D eigenvalue weighted by molar-refractivity contribution is 5.72. The van der Waals surface area contributed by atoms with Crippen LogP contribution in [0.5, 0.6) is 11.5 Å². The van der Waals surface area contributed by atoms with Crippen LogP contribution in [0.2, 0.25) is 0 Å². The van der Waals surface area contributed by atoms with E-state index in [-0.39, 0.29) is 11.9 Å². The van der Waals surface area contributed by atoms with Gasteiger partial charge in [0.25, 0.3) is 0 Å². The van der Waals surface area contributed by atoms with Crippen molar-refractivity contribution in [2.24, 2.45) is 5.92 Å². The Bertz CT molecular complexity index is 751. The molecule has 0 amide bonds. The third kappa shape index (κ3) is 3.83. The van der Waals surface area contributed by atoms with Crippen LogP contribution in [0.3, 0.4) is 0 Å². The molecular formula is C19H25N3O4. The molecule has 1 fully saturated rings. The smallest absolute Gasteiger partial charge is 0.308 e. The highest BCUT2D eigenvalue weighted by atomic mass is 16.5. The second-order valence-electron chi connectivity index (χ2n) is 6.41. The molecule has 7 heteroatoms. The van der Waals surface area contributed by atoms with Crippen LogP contribution in [0.15, 0.2) is 24.4 Å². The molecule has 1 aromatic heterocycles. The standard InChI is InChI=1S/C19H25N3O4/c1-24-15-4-5-16(17(10-15)25-2)18-14(11-20-21-18)12-22-8-6-13(7-9-22)19(23)26-3/h4-5,10-11,13H,6-9,12H2,1-3H3,(H,20,21). The Labute approximate surface area is 153 Å². The molecule has 0 bridgehead atoms. The van der Waals surface area contributed by atoms with Gasteiger partial charge in [-0.1, -0.05) is 0 Å². The number of rotatable bonds is 6. The lowest BCUT2D eigenvalue weighted by atomic mass is 9.96. The van der Waals surface area contributed by atoms with E-state index < -0.39 is 0 Å². The molecule has 0 saturated carbocycles. The normalized spacial score (nSPS) is 15.7. The highest BCUT2D eigenvalue weighted by Crippen LogP contribution is 2.34. The van der Waals surface area contributed by atoms with Crippen LogP contribution in [-0.2, 0) is 16.1 Å². The van der Waals surface area contributed by atoms with Gasteiger partial charge in [-0.2, -0.15) is 5.10 Å². The number of hydrogen-bond donors (Lipinski definition) is 1. The molecule has 1 aliphatic heterocycles. The van der Waals surface area contributed by atoms with Gasteiger partial charge in [0.15, 0.2) is 0 Å². The number of piperidine rings is 1. The maximum absolute atomic E-state index is 11.7. The van der Waals surface area contributed by atoms with Crippen molar-refractivity contribution in [3.05, 3.63) is 30.0 Å². The molecule has 7 nitrogen and oxygen atoms in total. The summed E-state index contributed by atoms with van der Waals surface area (Å²) >= 11 is 0. The maximum Gasteiger partial charge on any atom is 0.308 e. The van der Waals surface area contributed by atoms with Crippen LogP contribution < -0.4 is 9.47 Å². The first-order chi connectivity index (χ1) is 12.7. The molecular weight excluding hydrogens is 334 g/mol. The van der Waals surface area contributed by atoms with Crippen molar-refractivity contribution in [2.45, 2.75) is 19.4 Å². The van der Waals surface area contributed by atoms with Crippen molar-refractivity contribution in [3.8, 4) is 22.8 Å². The van der Waals surface area contributed by atoms with Gasteiger partial charge in [0.1, 0.15) is 11.5 Å². The van der Waals surface area contributed by atoms with Gasteiger partial charge in [-0.15, -0.1) is 0 Å². The molecule has 1 N–H and O–H groups in total. The van der Waals surface area contributed by atoms with E-state index in [9.17, 15) is 4.79 Å². The fourth-order valence-corrected chi connectivity index (χ4v) is 3.40. The fraction of sp³-hybridized carbons (Fsp3) is 0.474. The van der Waals surface area contributed by atoms with Gasteiger partial charge in [-0.05, 0) is 38.1 Å². The van der Waals surface area contributed by atoms with Crippen molar-refractivity contribution in [1.82, 2.24) is 15.1 Å². The summed E-state index contributed by atoms with van der Waals surface area (Å²) in [5.74, 6) is 1.40. The van der Waals surface area contributed by atoms with Crippen molar-refractivity contribution in [2.75, 3.05) is 34.4 Å². The van der Waals surface area contributed by atoms with E-state index in [0.717, 1.165) is 60.8 Å². The van der Waals surface area contributed by atoms with Crippen molar-refractivity contribution in [3.63, 3.8) is 0 Å². The Morgan fingerprint density at radius 2 is 2.00 bits per heavy atom. The Morgan fingerprint density at radius 3 is 2.65 bits per heavy atom. The highest BCUT2D eigenvalue weighted by Gasteiger charge is 2.26. The SMILES string of the molecule is COC(=O)C1CCN(Cc2cn[nH]c2-c2ccc(OC)cc2OC)CC1. The van der Waals surface area contributed by atoms with E-state index in [1.165, 1.54) is 7.11 Å². The third-order valence-corrected chi connectivity index (χ3v) is 4.91. The molecule has 2 heterocycles. The summed E-state index contributed by atoms with van der Waals surface area (Å²) < 4.78 is 15.6. The summed E-state index contributed by atoms with van der Waals surface area (Å²) in [5.41, 5.74) is 3.00.